The number of ether oxygens (including phenoxy) is 2. The highest BCUT2D eigenvalue weighted by atomic mass is 16.7. The highest BCUT2D eigenvalue weighted by molar-refractivity contribution is 5.94. The minimum atomic E-state index is -0.185. The molecule has 2 aromatic rings. The zero-order chi connectivity index (χ0) is 19.9. The third-order valence-corrected chi connectivity index (χ3v) is 4.20. The second kappa shape index (κ2) is 9.12. The molecule has 7 nitrogen and oxygen atoms in total. The molecule has 1 aliphatic heterocycles. The van der Waals surface area contributed by atoms with E-state index < -0.39 is 0 Å². The van der Waals surface area contributed by atoms with Gasteiger partial charge in [0.05, 0.1) is 0 Å². The van der Waals surface area contributed by atoms with Crippen LogP contribution in [-0.2, 0) is 13.1 Å². The molecular weight excluding hydrogens is 358 g/mol. The molecule has 3 N–H and O–H groups in total. The summed E-state index contributed by atoms with van der Waals surface area (Å²) in [5.74, 6) is 1.45. The number of benzene rings is 2. The van der Waals surface area contributed by atoms with E-state index in [4.69, 9.17) is 9.47 Å². The maximum Gasteiger partial charge on any atom is 0.315 e. The summed E-state index contributed by atoms with van der Waals surface area (Å²) < 4.78 is 10.6. The number of carbonyl (C=O) groups excluding carboxylic acids is 2. The molecule has 0 radical (unpaired) electrons. The van der Waals surface area contributed by atoms with Crippen molar-refractivity contribution in [3.8, 4) is 11.5 Å². The number of rotatable bonds is 7. The van der Waals surface area contributed by atoms with Crippen molar-refractivity contribution in [3.63, 3.8) is 0 Å². The van der Waals surface area contributed by atoms with Crippen molar-refractivity contribution >= 4 is 11.9 Å². The fourth-order valence-corrected chi connectivity index (χ4v) is 2.71. The molecule has 0 saturated heterocycles. The fraction of sp³-hybridized carbons (Fsp3) is 0.333. The number of amides is 3. The molecule has 0 aromatic heterocycles. The van der Waals surface area contributed by atoms with Crippen LogP contribution in [0.3, 0.4) is 0 Å². The molecule has 148 valence electrons. The predicted octanol–water partition coefficient (Wildman–Crippen LogP) is 2.80. The lowest BCUT2D eigenvalue weighted by atomic mass is 10.1. The number of hydrogen-bond acceptors (Lipinski definition) is 4. The summed E-state index contributed by atoms with van der Waals surface area (Å²) >= 11 is 0. The first-order valence-electron chi connectivity index (χ1n) is 9.28. The van der Waals surface area contributed by atoms with Gasteiger partial charge < -0.3 is 25.4 Å². The zero-order valence-corrected chi connectivity index (χ0v) is 16.1. The van der Waals surface area contributed by atoms with Gasteiger partial charge in [0.1, 0.15) is 0 Å². The summed E-state index contributed by atoms with van der Waals surface area (Å²) in [5, 5.41) is 8.55. The van der Waals surface area contributed by atoms with Crippen LogP contribution in [-0.4, -0.2) is 25.3 Å². The van der Waals surface area contributed by atoms with Crippen LogP contribution in [0.5, 0.6) is 11.5 Å². The fourth-order valence-electron chi connectivity index (χ4n) is 2.71. The van der Waals surface area contributed by atoms with Gasteiger partial charge in [-0.2, -0.15) is 0 Å². The Morgan fingerprint density at radius 3 is 2.39 bits per heavy atom. The normalized spacial score (nSPS) is 12.0. The maximum atomic E-state index is 12.4. The third kappa shape index (κ3) is 5.39. The van der Waals surface area contributed by atoms with Crippen LogP contribution < -0.4 is 25.4 Å². The van der Waals surface area contributed by atoms with E-state index in [1.54, 1.807) is 18.2 Å². The van der Waals surface area contributed by atoms with Crippen LogP contribution in [0.25, 0.3) is 0 Å². The molecule has 2 aromatic carbocycles. The van der Waals surface area contributed by atoms with E-state index in [0.29, 0.717) is 42.6 Å². The second-order valence-corrected chi connectivity index (χ2v) is 7.03. The van der Waals surface area contributed by atoms with Crippen molar-refractivity contribution in [1.82, 2.24) is 16.0 Å². The Balaban J connectivity index is 1.50. The lowest BCUT2D eigenvalue weighted by Gasteiger charge is -2.11. The average Bonchev–Trinajstić information content (AvgIpc) is 3.17. The smallest absolute Gasteiger partial charge is 0.315 e. The number of nitrogens with one attached hydrogen (secondary N) is 3. The molecule has 0 spiro atoms. The Bertz CT molecular complexity index is 851. The van der Waals surface area contributed by atoms with Gasteiger partial charge in [-0.15, -0.1) is 0 Å². The van der Waals surface area contributed by atoms with Gasteiger partial charge in [-0.25, -0.2) is 4.79 Å². The SMILES string of the molecule is CC(C)CNC(=O)NCc1cccc(CNC(=O)c2ccc3c(c2)OCO3)c1. The van der Waals surface area contributed by atoms with Crippen LogP contribution in [0, 0.1) is 5.92 Å². The number of fused-ring (bicyclic) bond motifs is 1. The second-order valence-electron chi connectivity index (χ2n) is 7.03. The van der Waals surface area contributed by atoms with Gasteiger partial charge in [-0.1, -0.05) is 38.1 Å². The van der Waals surface area contributed by atoms with Gasteiger partial charge in [0.25, 0.3) is 5.91 Å². The van der Waals surface area contributed by atoms with Crippen LogP contribution in [0.2, 0.25) is 0 Å². The summed E-state index contributed by atoms with van der Waals surface area (Å²) in [6.07, 6.45) is 0. The van der Waals surface area contributed by atoms with Gasteiger partial charge in [-0.3, -0.25) is 4.79 Å². The van der Waals surface area contributed by atoms with Crippen molar-refractivity contribution in [3.05, 3.63) is 59.2 Å². The molecule has 0 atom stereocenters. The maximum absolute atomic E-state index is 12.4. The van der Waals surface area contributed by atoms with Crippen molar-refractivity contribution in [1.29, 1.82) is 0 Å². The van der Waals surface area contributed by atoms with E-state index in [9.17, 15) is 9.59 Å². The Morgan fingerprint density at radius 2 is 1.64 bits per heavy atom. The lowest BCUT2D eigenvalue weighted by Crippen LogP contribution is -2.37. The first-order chi connectivity index (χ1) is 13.5. The average molecular weight is 383 g/mol. The Kier molecular flexibility index (Phi) is 6.37. The number of urea groups is 1. The number of hydrogen-bond donors (Lipinski definition) is 3. The minimum absolute atomic E-state index is 0.177. The van der Waals surface area contributed by atoms with E-state index in [1.807, 2.05) is 38.1 Å². The van der Waals surface area contributed by atoms with Gasteiger partial charge >= 0.3 is 6.03 Å². The molecule has 0 aliphatic carbocycles. The van der Waals surface area contributed by atoms with Crippen molar-refractivity contribution in [2.45, 2.75) is 26.9 Å². The summed E-state index contributed by atoms with van der Waals surface area (Å²) in [7, 11) is 0. The molecule has 1 aliphatic rings. The Morgan fingerprint density at radius 1 is 0.929 bits per heavy atom. The standard InChI is InChI=1S/C21H25N3O4/c1-14(2)10-23-21(26)24-12-16-5-3-4-15(8-16)11-22-20(25)17-6-7-18-19(9-17)28-13-27-18/h3-9,14H,10-13H2,1-2H3,(H,22,25)(H2,23,24,26). The third-order valence-electron chi connectivity index (χ3n) is 4.20. The molecule has 0 unspecified atom stereocenters. The van der Waals surface area contributed by atoms with E-state index in [-0.39, 0.29) is 18.7 Å². The molecule has 0 saturated carbocycles. The first-order valence-corrected chi connectivity index (χ1v) is 9.28. The topological polar surface area (TPSA) is 88.7 Å². The Hall–Kier alpha value is -3.22. The Labute approximate surface area is 164 Å². The quantitative estimate of drug-likeness (QED) is 0.686. The van der Waals surface area contributed by atoms with E-state index in [2.05, 4.69) is 16.0 Å². The summed E-state index contributed by atoms with van der Waals surface area (Å²) in [6.45, 7) is 5.71. The molecular formula is C21H25N3O4. The van der Waals surface area contributed by atoms with Gasteiger partial charge in [0, 0.05) is 25.2 Å². The predicted molar refractivity (Wildman–Crippen MR) is 105 cm³/mol. The highest BCUT2D eigenvalue weighted by Gasteiger charge is 2.16. The largest absolute Gasteiger partial charge is 0.454 e. The van der Waals surface area contributed by atoms with E-state index in [0.717, 1.165) is 11.1 Å². The molecule has 0 bridgehead atoms. The number of carbonyl (C=O) groups is 2. The molecule has 0 fully saturated rings. The lowest BCUT2D eigenvalue weighted by molar-refractivity contribution is 0.0950. The minimum Gasteiger partial charge on any atom is -0.454 e. The summed E-state index contributed by atoms with van der Waals surface area (Å²) in [4.78, 5) is 24.1. The van der Waals surface area contributed by atoms with Crippen molar-refractivity contribution in [2.24, 2.45) is 5.92 Å². The summed E-state index contributed by atoms with van der Waals surface area (Å²) in [5.41, 5.74) is 2.44. The molecule has 3 rings (SSSR count). The van der Waals surface area contributed by atoms with Crippen LogP contribution in [0.1, 0.15) is 35.3 Å². The zero-order valence-electron chi connectivity index (χ0n) is 16.1. The van der Waals surface area contributed by atoms with E-state index >= 15 is 0 Å². The summed E-state index contributed by atoms with van der Waals surface area (Å²) in [6, 6.07) is 12.7. The van der Waals surface area contributed by atoms with Crippen LogP contribution >= 0.6 is 0 Å². The molecule has 7 heteroatoms. The van der Waals surface area contributed by atoms with Crippen LogP contribution in [0.4, 0.5) is 4.79 Å². The van der Waals surface area contributed by atoms with E-state index in [1.165, 1.54) is 0 Å². The van der Waals surface area contributed by atoms with Crippen molar-refractivity contribution < 1.29 is 19.1 Å². The highest BCUT2D eigenvalue weighted by Crippen LogP contribution is 2.32. The van der Waals surface area contributed by atoms with Gasteiger partial charge in [-0.05, 0) is 35.2 Å². The first kappa shape index (κ1) is 19.5. The van der Waals surface area contributed by atoms with Crippen LogP contribution in [0.15, 0.2) is 42.5 Å². The molecule has 3 amide bonds. The van der Waals surface area contributed by atoms with Gasteiger partial charge in [0.2, 0.25) is 6.79 Å². The van der Waals surface area contributed by atoms with Crippen molar-refractivity contribution in [2.75, 3.05) is 13.3 Å². The molecule has 1 heterocycles. The van der Waals surface area contributed by atoms with Gasteiger partial charge in [0.15, 0.2) is 11.5 Å². The molecule has 28 heavy (non-hydrogen) atoms. The monoisotopic (exact) mass is 383 g/mol.